The van der Waals surface area contributed by atoms with Crippen LogP contribution in [0.5, 0.6) is 0 Å². The fourth-order valence-electron chi connectivity index (χ4n) is 1.41. The number of rotatable bonds is 7. The van der Waals surface area contributed by atoms with Crippen LogP contribution in [-0.4, -0.2) is 0 Å². The molecule has 0 heterocycles. The van der Waals surface area contributed by atoms with Crippen LogP contribution >= 0.6 is 0 Å². The van der Waals surface area contributed by atoms with Gasteiger partial charge in [0.15, 0.2) is 0 Å². The summed E-state index contributed by atoms with van der Waals surface area (Å²) in [6, 6.07) is 0. The van der Waals surface area contributed by atoms with Gasteiger partial charge in [0.2, 0.25) is 0 Å². The molecule has 0 aliphatic carbocycles. The molecule has 0 fully saturated rings. The average Bonchev–Trinajstić information content (AvgIpc) is 2.05. The Morgan fingerprint density at radius 3 is 2.08 bits per heavy atom. The third-order valence-electron chi connectivity index (χ3n) is 2.45. The van der Waals surface area contributed by atoms with Gasteiger partial charge in [-0.15, -0.1) is 0 Å². The van der Waals surface area contributed by atoms with Crippen LogP contribution in [0, 0.1) is 20.3 Å². The molecule has 0 rings (SSSR count). The van der Waals surface area contributed by atoms with Gasteiger partial charge < -0.3 is 14.4 Å². The smallest absolute Gasteiger partial charge is 0 e. The number of hydrogen-bond acceptors (Lipinski definition) is 0. The van der Waals surface area contributed by atoms with Crippen molar-refractivity contribution in [2.45, 2.75) is 58.8 Å². The summed E-state index contributed by atoms with van der Waals surface area (Å²) in [4.78, 5) is 0. The van der Waals surface area contributed by atoms with Crippen molar-refractivity contribution >= 4 is 0 Å². The van der Waals surface area contributed by atoms with E-state index in [2.05, 4.69) is 20.8 Å². The van der Waals surface area contributed by atoms with Crippen molar-refractivity contribution in [3.05, 3.63) is 14.4 Å². The molecule has 0 aliphatic heterocycles. The summed E-state index contributed by atoms with van der Waals surface area (Å²) >= 11 is 0. The molecule has 13 heavy (non-hydrogen) atoms. The molecule has 0 amide bonds. The van der Waals surface area contributed by atoms with E-state index < -0.39 is 0 Å². The van der Waals surface area contributed by atoms with Crippen molar-refractivity contribution < 1.29 is 0 Å². The van der Waals surface area contributed by atoms with E-state index in [-0.39, 0.29) is 7.43 Å². The van der Waals surface area contributed by atoms with Gasteiger partial charge in [0.25, 0.3) is 0 Å². The van der Waals surface area contributed by atoms with E-state index in [4.69, 9.17) is 0 Å². The average molecular weight is 437 g/mol. The van der Waals surface area contributed by atoms with Crippen molar-refractivity contribution in [1.29, 1.82) is 0 Å². The van der Waals surface area contributed by atoms with Gasteiger partial charge in [-0.3, -0.25) is 0 Å². The molecule has 0 saturated carbocycles. The molecular formula is C12H26Rf-2. The zero-order valence-electron chi connectivity index (χ0n) is 9.94. The predicted molar refractivity (Wildman–Crippen MR) is 58.9 cm³/mol. The van der Waals surface area contributed by atoms with Crippen LogP contribution in [-0.2, 0) is 0 Å². The molecule has 0 nitrogen and oxygen atoms in total. The normalized spacial score (nSPS) is 11.3. The summed E-state index contributed by atoms with van der Waals surface area (Å²) in [6.45, 7) is 8.49. The van der Waals surface area contributed by atoms with E-state index in [0.29, 0.717) is 0 Å². The number of hydrogen-bond donors (Lipinski definition) is 0. The van der Waals surface area contributed by atoms with Crippen LogP contribution < -0.4 is 0 Å². The molecule has 1 unspecified atom stereocenters. The van der Waals surface area contributed by atoms with E-state index in [1.165, 1.54) is 38.5 Å². The molecule has 0 N–H and O–H groups in total. The first-order valence-corrected chi connectivity index (χ1v) is 5.14. The van der Waals surface area contributed by atoms with Gasteiger partial charge in [0.1, 0.15) is 0 Å². The standard InChI is InChI=1S/C11H23.CH3.Rf/c1-4-7-8-9-10-11(5-2)6-3;;/h11H,2,4-10H2,1,3H3;1H3;/q2*-1;. The second-order valence-electron chi connectivity index (χ2n) is 3.41. The van der Waals surface area contributed by atoms with Crippen molar-refractivity contribution in [1.82, 2.24) is 0 Å². The van der Waals surface area contributed by atoms with Gasteiger partial charge in [-0.2, -0.15) is 6.42 Å². The monoisotopic (exact) mass is 437 g/mol. The molecule has 0 bridgehead atoms. The Bertz CT molecular complexity index is 67.5. The van der Waals surface area contributed by atoms with Gasteiger partial charge in [-0.1, -0.05) is 58.3 Å². The molecule has 78 valence electrons. The Hall–Kier alpha value is -1.00. The molecular weight excluding hydrogens is 411 g/mol. The van der Waals surface area contributed by atoms with Crippen LogP contribution in [0.4, 0.5) is 0 Å². The molecule has 0 aromatic rings. The van der Waals surface area contributed by atoms with Crippen molar-refractivity contribution in [2.24, 2.45) is 5.92 Å². The summed E-state index contributed by atoms with van der Waals surface area (Å²) in [5, 5.41) is 0. The second-order valence-corrected chi connectivity index (χ2v) is 3.41. The first-order valence-electron chi connectivity index (χ1n) is 5.14. The van der Waals surface area contributed by atoms with Crippen molar-refractivity contribution in [2.75, 3.05) is 0 Å². The summed E-state index contributed by atoms with van der Waals surface area (Å²) in [7, 11) is 0. The minimum Gasteiger partial charge on any atom is -0.358 e. The molecule has 1 atom stereocenters. The van der Waals surface area contributed by atoms with Gasteiger partial charge >= 0.3 is 0 Å². The van der Waals surface area contributed by atoms with Gasteiger partial charge in [0, 0.05) is 0 Å². The van der Waals surface area contributed by atoms with E-state index in [1.54, 1.807) is 0 Å². The second kappa shape index (κ2) is 13.6. The van der Waals surface area contributed by atoms with Crippen molar-refractivity contribution in [3.8, 4) is 0 Å². The third-order valence-corrected chi connectivity index (χ3v) is 2.45. The first-order chi connectivity index (χ1) is 5.35. The SMILES string of the molecule is [CH2-]CC(CC)CCCCCC.[CH3-].[Rf]. The van der Waals surface area contributed by atoms with E-state index in [0.717, 1.165) is 12.3 Å². The largest absolute Gasteiger partial charge is 0.358 e. The maximum atomic E-state index is 3.96. The quantitative estimate of drug-likeness (QED) is 0.402. The Morgan fingerprint density at radius 1 is 1.08 bits per heavy atom. The molecule has 0 saturated heterocycles. The molecule has 0 aliphatic rings. The van der Waals surface area contributed by atoms with Crippen LogP contribution in [0.15, 0.2) is 0 Å². The van der Waals surface area contributed by atoms with Gasteiger partial charge in [-0.05, 0) is 0 Å². The summed E-state index contributed by atoms with van der Waals surface area (Å²) < 4.78 is 0. The Labute approximate surface area is 79.8 Å². The Morgan fingerprint density at radius 2 is 1.69 bits per heavy atom. The van der Waals surface area contributed by atoms with Gasteiger partial charge in [-0.25, -0.2) is 0 Å². The molecule has 0 spiro atoms. The predicted octanol–water partition coefficient (Wildman–Crippen LogP) is 4.66. The van der Waals surface area contributed by atoms with Crippen LogP contribution in [0.1, 0.15) is 58.8 Å². The number of unbranched alkanes of at least 4 members (excludes halogenated alkanes) is 3. The maximum absolute atomic E-state index is 3.96. The zero-order valence-corrected chi connectivity index (χ0v) is 16.3. The topological polar surface area (TPSA) is 0 Å². The minimum atomic E-state index is 0. The maximum Gasteiger partial charge on any atom is 0 e. The van der Waals surface area contributed by atoms with E-state index in [9.17, 15) is 0 Å². The zero-order chi connectivity index (χ0) is 8.53. The summed E-state index contributed by atoms with van der Waals surface area (Å²) in [5.74, 6) is 0.895. The summed E-state index contributed by atoms with van der Waals surface area (Å²) in [6.07, 6.45) is 9.45. The Balaban J connectivity index is -0.000000500. The molecule has 1 heteroatoms. The fraction of sp³-hybridized carbons (Fsp3) is 0.833. The van der Waals surface area contributed by atoms with Crippen LogP contribution in [0.2, 0.25) is 0 Å². The minimum absolute atomic E-state index is 0. The summed E-state index contributed by atoms with van der Waals surface area (Å²) in [5.41, 5.74) is 0. The van der Waals surface area contributed by atoms with Gasteiger partial charge in [0.05, 0.1) is 0 Å². The van der Waals surface area contributed by atoms with E-state index in [1.807, 2.05) is 0 Å². The van der Waals surface area contributed by atoms with Crippen LogP contribution in [0.25, 0.3) is 0 Å². The third kappa shape index (κ3) is 11.0. The van der Waals surface area contributed by atoms with Crippen molar-refractivity contribution in [3.63, 3.8) is 0 Å². The molecule has 0 aromatic carbocycles. The first kappa shape index (κ1) is 17.9. The fourth-order valence-corrected chi connectivity index (χ4v) is 1.41. The Kier molecular flexibility index (Phi) is 18.7. The molecule has 0 aromatic heterocycles. The molecule has 0 radical (unpaired) electrons. The van der Waals surface area contributed by atoms with E-state index >= 15 is 0 Å². The van der Waals surface area contributed by atoms with Crippen LogP contribution in [0.3, 0.4) is 0 Å².